The minimum atomic E-state index is -3.91. The van der Waals surface area contributed by atoms with E-state index in [0.717, 1.165) is 0 Å². The van der Waals surface area contributed by atoms with Crippen LogP contribution in [-0.4, -0.2) is 33.6 Å². The third kappa shape index (κ3) is 6.16. The van der Waals surface area contributed by atoms with Crippen LogP contribution in [0.3, 0.4) is 0 Å². The summed E-state index contributed by atoms with van der Waals surface area (Å²) in [7, 11) is -7.79. The van der Waals surface area contributed by atoms with E-state index in [4.69, 9.17) is 9.66 Å². The Bertz CT molecular complexity index is 1490. The Morgan fingerprint density at radius 3 is 2.15 bits per heavy atom. The first kappa shape index (κ1) is 24.4. The van der Waals surface area contributed by atoms with Crippen molar-refractivity contribution in [2.45, 2.75) is 16.7 Å². The fraction of sp³-hybridized carbons (Fsp3) is 0.0526. The number of hydrazone groups is 1. The first-order valence-corrected chi connectivity index (χ1v) is 12.2. The highest BCUT2D eigenvalue weighted by Gasteiger charge is 2.17. The predicted molar refractivity (Wildman–Crippen MR) is 122 cm³/mol. The Labute approximate surface area is 194 Å². The molecule has 0 unspecified atom stereocenters. The van der Waals surface area contributed by atoms with Gasteiger partial charge in [0, 0.05) is 11.8 Å². The number of carbonyl (C=O) groups excluding carboxylic acids is 1. The lowest BCUT2D eigenvalue weighted by atomic mass is 10.3. The van der Waals surface area contributed by atoms with Gasteiger partial charge >= 0.3 is 0 Å². The van der Waals surface area contributed by atoms with E-state index in [1.165, 1.54) is 54.6 Å². The molecule has 1 heterocycles. The number of carbonyl (C=O) groups is 1. The molecule has 0 aliphatic heterocycles. The molecule has 13 nitrogen and oxygen atoms in total. The Balaban J connectivity index is 1.66. The third-order valence-electron chi connectivity index (χ3n) is 4.09. The maximum atomic E-state index is 12.4. The van der Waals surface area contributed by atoms with E-state index in [9.17, 15) is 26.9 Å². The summed E-state index contributed by atoms with van der Waals surface area (Å²) in [6.07, 6.45) is 0. The lowest BCUT2D eigenvalue weighted by Crippen LogP contribution is -2.22. The summed E-state index contributed by atoms with van der Waals surface area (Å²) < 4.78 is 54.4. The molecule has 34 heavy (non-hydrogen) atoms. The van der Waals surface area contributed by atoms with E-state index in [2.05, 4.69) is 25.7 Å². The number of hydrogen-bond donors (Lipinski definition) is 4. The number of sulfonamides is 2. The van der Waals surface area contributed by atoms with Crippen LogP contribution in [0.25, 0.3) is 0 Å². The Morgan fingerprint density at radius 2 is 1.62 bits per heavy atom. The number of aromatic nitrogens is 1. The van der Waals surface area contributed by atoms with Gasteiger partial charge < -0.3 is 9.84 Å². The van der Waals surface area contributed by atoms with E-state index in [0.29, 0.717) is 11.4 Å². The molecule has 0 radical (unpaired) electrons. The minimum absolute atomic E-state index is 0.0354. The number of primary sulfonamides is 1. The van der Waals surface area contributed by atoms with Crippen LogP contribution in [0.15, 0.2) is 74.0 Å². The van der Waals surface area contributed by atoms with Crippen LogP contribution in [0, 0.1) is 18.3 Å². The van der Waals surface area contributed by atoms with Gasteiger partial charge in [-0.15, -0.1) is 0 Å². The molecule has 3 rings (SSSR count). The molecule has 1 amide bonds. The van der Waals surface area contributed by atoms with E-state index in [-0.39, 0.29) is 21.3 Å². The van der Waals surface area contributed by atoms with Gasteiger partial charge in [0.15, 0.2) is 5.82 Å². The highest BCUT2D eigenvalue weighted by Crippen LogP contribution is 2.18. The number of rotatable bonds is 8. The second-order valence-electron chi connectivity index (χ2n) is 6.66. The number of anilines is 3. The van der Waals surface area contributed by atoms with Crippen molar-refractivity contribution in [3.8, 4) is 6.07 Å². The van der Waals surface area contributed by atoms with Crippen LogP contribution in [0.2, 0.25) is 0 Å². The molecule has 5 N–H and O–H groups in total. The van der Waals surface area contributed by atoms with Gasteiger partial charge in [0.25, 0.3) is 15.9 Å². The largest absolute Gasteiger partial charge is 0.360 e. The SMILES string of the molecule is Cc1cc(NS(=O)(=O)c2ccc(N/N=C(/C#N)C(=O)Nc3ccc(S(N)(=O)=O)cc3)cc2)no1. The monoisotopic (exact) mass is 503 g/mol. The fourth-order valence-corrected chi connectivity index (χ4v) is 3.98. The van der Waals surface area contributed by atoms with E-state index in [1.54, 1.807) is 13.0 Å². The van der Waals surface area contributed by atoms with Crippen LogP contribution in [0.4, 0.5) is 17.2 Å². The third-order valence-corrected chi connectivity index (χ3v) is 6.39. The van der Waals surface area contributed by atoms with Crippen molar-refractivity contribution in [3.05, 3.63) is 60.4 Å². The summed E-state index contributed by atoms with van der Waals surface area (Å²) in [4.78, 5) is 12.1. The maximum Gasteiger partial charge on any atom is 0.287 e. The highest BCUT2D eigenvalue weighted by atomic mass is 32.2. The van der Waals surface area contributed by atoms with E-state index in [1.807, 2.05) is 0 Å². The molecule has 1 aromatic heterocycles. The molecule has 0 atom stereocenters. The molecule has 0 saturated heterocycles. The second kappa shape index (κ2) is 9.70. The minimum Gasteiger partial charge on any atom is -0.360 e. The number of nitrogens with two attached hydrogens (primary N) is 1. The summed E-state index contributed by atoms with van der Waals surface area (Å²) in [6.45, 7) is 1.62. The Kier molecular flexibility index (Phi) is 6.96. The summed E-state index contributed by atoms with van der Waals surface area (Å²) in [5, 5.41) is 23.9. The molecule has 0 bridgehead atoms. The molecular weight excluding hydrogens is 486 g/mol. The molecule has 3 aromatic rings. The Morgan fingerprint density at radius 1 is 1.03 bits per heavy atom. The van der Waals surface area contributed by atoms with Gasteiger partial charge in [0.2, 0.25) is 15.7 Å². The molecule has 0 spiro atoms. The van der Waals surface area contributed by atoms with Crippen molar-refractivity contribution < 1.29 is 26.2 Å². The number of nitrogens with one attached hydrogen (secondary N) is 3. The highest BCUT2D eigenvalue weighted by molar-refractivity contribution is 7.92. The van der Waals surface area contributed by atoms with Crippen molar-refractivity contribution >= 4 is 48.9 Å². The smallest absolute Gasteiger partial charge is 0.287 e. The zero-order chi connectivity index (χ0) is 24.9. The van der Waals surface area contributed by atoms with Gasteiger partial charge in [-0.25, -0.2) is 22.0 Å². The number of amides is 1. The van der Waals surface area contributed by atoms with E-state index >= 15 is 0 Å². The normalized spacial score (nSPS) is 12.0. The number of benzene rings is 2. The van der Waals surface area contributed by atoms with Gasteiger partial charge in [-0.05, 0) is 55.5 Å². The molecule has 0 aliphatic carbocycles. The summed E-state index contributed by atoms with van der Waals surface area (Å²) >= 11 is 0. The maximum absolute atomic E-state index is 12.4. The number of aryl methyl sites for hydroxylation is 1. The molecule has 0 fully saturated rings. The van der Waals surface area contributed by atoms with E-state index < -0.39 is 31.7 Å². The Hall–Kier alpha value is -4.26. The summed E-state index contributed by atoms with van der Waals surface area (Å²) in [5.41, 5.74) is 2.47. The van der Waals surface area contributed by atoms with Crippen LogP contribution in [0.5, 0.6) is 0 Å². The van der Waals surface area contributed by atoms with Crippen molar-refractivity contribution in [3.63, 3.8) is 0 Å². The topological polar surface area (TPSA) is 210 Å². The quantitative estimate of drug-likeness (QED) is 0.258. The summed E-state index contributed by atoms with van der Waals surface area (Å²) in [5.74, 6) is -0.383. The number of nitrogens with zero attached hydrogens (tertiary/aromatic N) is 3. The number of nitriles is 1. The van der Waals surface area contributed by atoms with Gasteiger partial charge in [0.1, 0.15) is 11.8 Å². The van der Waals surface area contributed by atoms with Gasteiger partial charge in [-0.1, -0.05) is 5.16 Å². The van der Waals surface area contributed by atoms with Crippen LogP contribution >= 0.6 is 0 Å². The average Bonchev–Trinajstić information content (AvgIpc) is 3.18. The van der Waals surface area contributed by atoms with Gasteiger partial charge in [-0.3, -0.25) is 14.9 Å². The molecule has 176 valence electrons. The summed E-state index contributed by atoms with van der Waals surface area (Å²) in [6, 6.07) is 13.4. The first-order chi connectivity index (χ1) is 16.0. The average molecular weight is 504 g/mol. The molecular formula is C19H17N7O6S2. The van der Waals surface area contributed by atoms with Crippen LogP contribution < -0.4 is 20.6 Å². The first-order valence-electron chi connectivity index (χ1n) is 9.22. The van der Waals surface area contributed by atoms with Gasteiger partial charge in [0.05, 0.1) is 15.5 Å². The standard InChI is InChI=1S/C19H17N7O6S2/c1-12-10-18(25-32-12)26-34(30,31)16-8-4-14(5-9-16)23-24-17(11-20)19(27)22-13-2-6-15(7-3-13)33(21,28)29/h2-10,23H,1H3,(H,22,27)(H,25,26)(H2,21,28,29)/b24-17-. The van der Waals surface area contributed by atoms with Crippen molar-refractivity contribution in [2.75, 3.05) is 15.5 Å². The molecule has 0 saturated carbocycles. The fourth-order valence-electron chi connectivity index (χ4n) is 2.48. The lowest BCUT2D eigenvalue weighted by molar-refractivity contribution is -0.110. The zero-order valence-electron chi connectivity index (χ0n) is 17.4. The van der Waals surface area contributed by atoms with Crippen molar-refractivity contribution in [1.82, 2.24) is 5.16 Å². The lowest BCUT2D eigenvalue weighted by Gasteiger charge is -2.07. The molecule has 2 aromatic carbocycles. The molecule has 15 heteroatoms. The van der Waals surface area contributed by atoms with Crippen LogP contribution in [-0.2, 0) is 24.8 Å². The van der Waals surface area contributed by atoms with Crippen molar-refractivity contribution in [1.29, 1.82) is 5.26 Å². The van der Waals surface area contributed by atoms with Gasteiger partial charge in [-0.2, -0.15) is 10.4 Å². The molecule has 0 aliphatic rings. The van der Waals surface area contributed by atoms with Crippen LogP contribution in [0.1, 0.15) is 5.76 Å². The second-order valence-corrected chi connectivity index (χ2v) is 9.90. The number of hydrogen-bond acceptors (Lipinski definition) is 10. The predicted octanol–water partition coefficient (Wildman–Crippen LogP) is 1.36. The zero-order valence-corrected chi connectivity index (χ0v) is 19.0. The van der Waals surface area contributed by atoms with Crippen molar-refractivity contribution in [2.24, 2.45) is 10.2 Å².